The Hall–Kier alpha value is -1.58. The van der Waals surface area contributed by atoms with E-state index in [-0.39, 0.29) is 5.60 Å². The second-order valence-corrected chi connectivity index (χ2v) is 6.04. The number of hydrogen-bond acceptors (Lipinski definition) is 3. The van der Waals surface area contributed by atoms with Crippen molar-refractivity contribution in [3.05, 3.63) is 42.5 Å². The minimum Gasteiger partial charge on any atom is -0.493 e. The summed E-state index contributed by atoms with van der Waals surface area (Å²) in [6, 6.07) is 14.5. The summed E-state index contributed by atoms with van der Waals surface area (Å²) in [5, 5.41) is 2.44. The molecule has 0 saturated heterocycles. The number of fused-ring (bicyclic) bond motifs is 1. The van der Waals surface area contributed by atoms with E-state index < -0.39 is 0 Å². The van der Waals surface area contributed by atoms with Gasteiger partial charge in [0, 0.05) is 26.7 Å². The zero-order valence-electron chi connectivity index (χ0n) is 13.8. The maximum absolute atomic E-state index is 5.78. The topological polar surface area (TPSA) is 27.7 Å². The Labute approximate surface area is 133 Å². The SMILES string of the molecule is COC(C)(C)CCOCCCOc1ccc2ccccc2c1. The Morgan fingerprint density at radius 1 is 0.909 bits per heavy atom. The normalized spacial score (nSPS) is 11.8. The van der Waals surface area contributed by atoms with E-state index in [0.717, 1.165) is 25.2 Å². The Balaban J connectivity index is 1.64. The first kappa shape index (κ1) is 16.8. The van der Waals surface area contributed by atoms with Crippen molar-refractivity contribution in [3.8, 4) is 5.75 Å². The highest BCUT2D eigenvalue weighted by molar-refractivity contribution is 5.83. The molecular weight excluding hydrogens is 276 g/mol. The number of methoxy groups -OCH3 is 1. The van der Waals surface area contributed by atoms with Crippen LogP contribution in [0, 0.1) is 0 Å². The molecule has 120 valence electrons. The van der Waals surface area contributed by atoms with Gasteiger partial charge in [-0.15, -0.1) is 0 Å². The molecule has 22 heavy (non-hydrogen) atoms. The average Bonchev–Trinajstić information content (AvgIpc) is 2.54. The summed E-state index contributed by atoms with van der Waals surface area (Å²) in [7, 11) is 1.73. The molecular formula is C19H26O3. The highest BCUT2D eigenvalue weighted by Crippen LogP contribution is 2.20. The number of benzene rings is 2. The average molecular weight is 302 g/mol. The molecule has 0 atom stereocenters. The van der Waals surface area contributed by atoms with E-state index in [0.29, 0.717) is 13.2 Å². The highest BCUT2D eigenvalue weighted by atomic mass is 16.5. The zero-order chi connectivity index (χ0) is 15.8. The van der Waals surface area contributed by atoms with Gasteiger partial charge in [-0.05, 0) is 43.2 Å². The largest absolute Gasteiger partial charge is 0.493 e. The lowest BCUT2D eigenvalue weighted by atomic mass is 10.1. The third-order valence-corrected chi connectivity index (χ3v) is 3.82. The van der Waals surface area contributed by atoms with Gasteiger partial charge in [-0.3, -0.25) is 0 Å². The molecule has 0 fully saturated rings. The third-order valence-electron chi connectivity index (χ3n) is 3.82. The van der Waals surface area contributed by atoms with Crippen molar-refractivity contribution >= 4 is 10.8 Å². The minimum atomic E-state index is -0.110. The van der Waals surface area contributed by atoms with Gasteiger partial charge in [-0.2, -0.15) is 0 Å². The van der Waals surface area contributed by atoms with Crippen LogP contribution in [0.25, 0.3) is 10.8 Å². The number of rotatable bonds is 9. The number of ether oxygens (including phenoxy) is 3. The lowest BCUT2D eigenvalue weighted by Crippen LogP contribution is -2.24. The molecule has 0 radical (unpaired) electrons. The molecule has 0 saturated carbocycles. The fraction of sp³-hybridized carbons (Fsp3) is 0.474. The van der Waals surface area contributed by atoms with Crippen molar-refractivity contribution in [2.75, 3.05) is 26.9 Å². The lowest BCUT2D eigenvalue weighted by molar-refractivity contribution is -0.0107. The van der Waals surface area contributed by atoms with E-state index >= 15 is 0 Å². The Kier molecular flexibility index (Phi) is 6.22. The lowest BCUT2D eigenvalue weighted by Gasteiger charge is -2.22. The van der Waals surface area contributed by atoms with Crippen LogP contribution < -0.4 is 4.74 Å². The van der Waals surface area contributed by atoms with E-state index in [4.69, 9.17) is 14.2 Å². The van der Waals surface area contributed by atoms with E-state index in [1.165, 1.54) is 10.8 Å². The molecule has 3 nitrogen and oxygen atoms in total. The van der Waals surface area contributed by atoms with Crippen molar-refractivity contribution in [3.63, 3.8) is 0 Å². The van der Waals surface area contributed by atoms with Crippen LogP contribution in [-0.4, -0.2) is 32.5 Å². The predicted octanol–water partition coefficient (Wildman–Crippen LogP) is 4.44. The number of hydrogen-bond donors (Lipinski definition) is 0. The molecule has 0 heterocycles. The van der Waals surface area contributed by atoms with Crippen molar-refractivity contribution in [1.29, 1.82) is 0 Å². The fourth-order valence-corrected chi connectivity index (χ4v) is 2.13. The van der Waals surface area contributed by atoms with Crippen molar-refractivity contribution in [1.82, 2.24) is 0 Å². The second kappa shape index (κ2) is 8.16. The maximum Gasteiger partial charge on any atom is 0.119 e. The summed E-state index contributed by atoms with van der Waals surface area (Å²) in [4.78, 5) is 0. The summed E-state index contributed by atoms with van der Waals surface area (Å²) in [5.41, 5.74) is -0.110. The quantitative estimate of drug-likeness (QED) is 0.641. The molecule has 0 bridgehead atoms. The Morgan fingerprint density at radius 2 is 1.68 bits per heavy atom. The molecule has 0 aliphatic carbocycles. The molecule has 0 N–H and O–H groups in total. The van der Waals surface area contributed by atoms with Crippen LogP contribution in [0.15, 0.2) is 42.5 Å². The zero-order valence-corrected chi connectivity index (χ0v) is 13.8. The maximum atomic E-state index is 5.78. The van der Waals surface area contributed by atoms with Gasteiger partial charge in [0.25, 0.3) is 0 Å². The van der Waals surface area contributed by atoms with Gasteiger partial charge in [0.1, 0.15) is 5.75 Å². The van der Waals surface area contributed by atoms with Crippen molar-refractivity contribution < 1.29 is 14.2 Å². The van der Waals surface area contributed by atoms with E-state index in [2.05, 4.69) is 38.1 Å². The molecule has 0 aliphatic rings. The molecule has 2 rings (SSSR count). The fourth-order valence-electron chi connectivity index (χ4n) is 2.13. The molecule has 0 aromatic heterocycles. The van der Waals surface area contributed by atoms with Crippen molar-refractivity contribution in [2.45, 2.75) is 32.3 Å². The summed E-state index contributed by atoms with van der Waals surface area (Å²) < 4.78 is 16.8. The van der Waals surface area contributed by atoms with E-state index in [9.17, 15) is 0 Å². The molecule has 0 unspecified atom stereocenters. The summed E-state index contributed by atoms with van der Waals surface area (Å²) >= 11 is 0. The molecule has 0 spiro atoms. The summed E-state index contributed by atoms with van der Waals surface area (Å²) in [6.45, 7) is 6.24. The van der Waals surface area contributed by atoms with Gasteiger partial charge >= 0.3 is 0 Å². The highest BCUT2D eigenvalue weighted by Gasteiger charge is 2.15. The Morgan fingerprint density at radius 3 is 2.45 bits per heavy atom. The van der Waals surface area contributed by atoms with E-state index in [1.54, 1.807) is 7.11 Å². The van der Waals surface area contributed by atoms with Crippen LogP contribution in [0.2, 0.25) is 0 Å². The molecule has 2 aromatic carbocycles. The molecule has 2 aromatic rings. The minimum absolute atomic E-state index is 0.110. The van der Waals surface area contributed by atoms with Gasteiger partial charge in [0.15, 0.2) is 0 Å². The first-order chi connectivity index (χ1) is 10.6. The standard InChI is InChI=1S/C19H26O3/c1-19(2,20-3)11-14-21-12-6-13-22-18-10-9-16-7-4-5-8-17(16)15-18/h4-5,7-10,15H,6,11-14H2,1-3H3. The van der Waals surface area contributed by atoms with Crippen LogP contribution in [-0.2, 0) is 9.47 Å². The first-order valence-corrected chi connectivity index (χ1v) is 7.85. The van der Waals surface area contributed by atoms with Gasteiger partial charge in [0.2, 0.25) is 0 Å². The molecule has 3 heteroatoms. The predicted molar refractivity (Wildman–Crippen MR) is 90.6 cm³/mol. The third kappa shape index (κ3) is 5.32. The Bertz CT molecular complexity index is 578. The van der Waals surface area contributed by atoms with Crippen LogP contribution >= 0.6 is 0 Å². The second-order valence-electron chi connectivity index (χ2n) is 6.04. The molecule has 0 aliphatic heterocycles. The van der Waals surface area contributed by atoms with Gasteiger partial charge in [-0.1, -0.05) is 30.3 Å². The van der Waals surface area contributed by atoms with Crippen LogP contribution in [0.1, 0.15) is 26.7 Å². The monoisotopic (exact) mass is 302 g/mol. The van der Waals surface area contributed by atoms with Crippen LogP contribution in [0.3, 0.4) is 0 Å². The van der Waals surface area contributed by atoms with E-state index in [1.807, 2.05) is 18.2 Å². The van der Waals surface area contributed by atoms with Gasteiger partial charge in [-0.25, -0.2) is 0 Å². The van der Waals surface area contributed by atoms with Crippen LogP contribution in [0.5, 0.6) is 5.75 Å². The first-order valence-electron chi connectivity index (χ1n) is 7.85. The van der Waals surface area contributed by atoms with Gasteiger partial charge < -0.3 is 14.2 Å². The summed E-state index contributed by atoms with van der Waals surface area (Å²) in [6.07, 6.45) is 1.79. The summed E-state index contributed by atoms with van der Waals surface area (Å²) in [5.74, 6) is 0.916. The molecule has 0 amide bonds. The van der Waals surface area contributed by atoms with Crippen molar-refractivity contribution in [2.24, 2.45) is 0 Å². The smallest absolute Gasteiger partial charge is 0.119 e. The van der Waals surface area contributed by atoms with Gasteiger partial charge in [0.05, 0.1) is 12.2 Å². The van der Waals surface area contributed by atoms with Crippen LogP contribution in [0.4, 0.5) is 0 Å².